The number of benzene rings is 6. The molecule has 0 aliphatic carbocycles. The summed E-state index contributed by atoms with van der Waals surface area (Å²) in [6.45, 7) is 2.05. The van der Waals surface area contributed by atoms with Gasteiger partial charge in [-0.2, -0.15) is 10.2 Å². The Kier molecular flexibility index (Phi) is 8.77. The van der Waals surface area contributed by atoms with Crippen LogP contribution in [-0.2, 0) is 4.79 Å². The van der Waals surface area contributed by atoms with Crippen LogP contribution in [0.4, 0.5) is 11.4 Å². The lowest BCUT2D eigenvalue weighted by Crippen LogP contribution is -2.48. The summed E-state index contributed by atoms with van der Waals surface area (Å²) in [5, 5.41) is 15.9. The molecule has 0 amide bonds. The van der Waals surface area contributed by atoms with Crippen molar-refractivity contribution >= 4 is 51.8 Å². The summed E-state index contributed by atoms with van der Waals surface area (Å²) < 4.78 is 0. The summed E-state index contributed by atoms with van der Waals surface area (Å²) >= 11 is 12.8. The molecule has 250 valence electrons. The lowest BCUT2D eigenvalue weighted by atomic mass is 9.64. The van der Waals surface area contributed by atoms with Crippen LogP contribution in [-0.4, -0.2) is 17.2 Å². The van der Waals surface area contributed by atoms with Crippen LogP contribution >= 0.6 is 23.2 Å². The van der Waals surface area contributed by atoms with Gasteiger partial charge in [-0.3, -0.25) is 14.8 Å². The van der Waals surface area contributed by atoms with Gasteiger partial charge in [0.1, 0.15) is 0 Å². The van der Waals surface area contributed by atoms with Gasteiger partial charge in [0.2, 0.25) is 0 Å². The lowest BCUT2D eigenvalue weighted by molar-refractivity contribution is -0.127. The van der Waals surface area contributed by atoms with Gasteiger partial charge in [0.15, 0.2) is 5.78 Å². The van der Waals surface area contributed by atoms with E-state index in [0.717, 1.165) is 33.6 Å². The molecule has 2 aliphatic heterocycles. The minimum absolute atomic E-state index is 0.00414. The normalized spacial score (nSPS) is 21.4. The molecule has 0 aromatic heterocycles. The molecule has 0 saturated carbocycles. The molecule has 0 N–H and O–H groups in total. The van der Waals surface area contributed by atoms with E-state index in [-0.39, 0.29) is 5.78 Å². The van der Waals surface area contributed by atoms with Crippen LogP contribution in [0.1, 0.15) is 41.3 Å². The minimum atomic E-state index is -1.16. The Hall–Kier alpha value is -5.49. The SMILES string of the molecule is CC1(C(=O)C2C(c3ccc(Cl)cc3)=NN(c3ccccc3)C2c2ccccc2)C(c2ccc(Cl)cc2)=NN(c2ccccc2)C1c1ccccc1. The van der Waals surface area contributed by atoms with Crippen LogP contribution in [0.3, 0.4) is 0 Å². The average Bonchev–Trinajstić information content (AvgIpc) is 3.73. The van der Waals surface area contributed by atoms with Gasteiger partial charge >= 0.3 is 0 Å². The van der Waals surface area contributed by atoms with Gasteiger partial charge in [-0.15, -0.1) is 0 Å². The molecule has 0 spiro atoms. The first-order chi connectivity index (χ1) is 24.9. The fraction of sp³-hybridized carbons (Fsp3) is 0.114. The molecule has 51 heavy (non-hydrogen) atoms. The molecule has 6 aromatic carbocycles. The molecule has 8 rings (SSSR count). The zero-order valence-corrected chi connectivity index (χ0v) is 29.4. The summed E-state index contributed by atoms with van der Waals surface area (Å²) in [6, 6.07) is 54.8. The highest BCUT2D eigenvalue weighted by molar-refractivity contribution is 6.31. The zero-order valence-electron chi connectivity index (χ0n) is 27.9. The zero-order chi connectivity index (χ0) is 35.0. The van der Waals surface area contributed by atoms with Crippen LogP contribution in [0, 0.1) is 11.3 Å². The number of hydrazone groups is 2. The maximum atomic E-state index is 16.3. The number of hydrogen-bond acceptors (Lipinski definition) is 5. The van der Waals surface area contributed by atoms with Gasteiger partial charge in [-0.1, -0.05) is 145 Å². The molecule has 0 radical (unpaired) electrons. The van der Waals surface area contributed by atoms with Gasteiger partial charge in [0.25, 0.3) is 0 Å². The fourth-order valence-electron chi connectivity index (χ4n) is 7.52. The number of anilines is 2. The third-order valence-electron chi connectivity index (χ3n) is 9.93. The molecular weight excluding hydrogens is 671 g/mol. The third-order valence-corrected chi connectivity index (χ3v) is 10.4. The van der Waals surface area contributed by atoms with Crippen molar-refractivity contribution in [2.75, 3.05) is 10.0 Å². The Bertz CT molecular complexity index is 2210. The second kappa shape index (κ2) is 13.7. The predicted octanol–water partition coefficient (Wildman–Crippen LogP) is 10.8. The summed E-state index contributed by atoms with van der Waals surface area (Å²) in [7, 11) is 0. The average molecular weight is 706 g/mol. The molecule has 2 heterocycles. The molecule has 4 atom stereocenters. The van der Waals surface area contributed by atoms with E-state index in [0.29, 0.717) is 21.5 Å². The van der Waals surface area contributed by atoms with Crippen molar-refractivity contribution in [3.05, 3.63) is 202 Å². The van der Waals surface area contributed by atoms with E-state index in [1.54, 1.807) is 0 Å². The maximum absolute atomic E-state index is 16.3. The van der Waals surface area contributed by atoms with Crippen LogP contribution < -0.4 is 10.0 Å². The molecule has 6 aromatic rings. The van der Waals surface area contributed by atoms with E-state index in [9.17, 15) is 0 Å². The van der Waals surface area contributed by atoms with Crippen LogP contribution in [0.5, 0.6) is 0 Å². The van der Waals surface area contributed by atoms with E-state index in [4.69, 9.17) is 33.4 Å². The summed E-state index contributed by atoms with van der Waals surface area (Å²) in [5.41, 5.74) is 5.58. The number of Topliss-reactive ketones (excluding diaryl/α,β-unsaturated/α-hetero) is 1. The van der Waals surface area contributed by atoms with Crippen molar-refractivity contribution in [1.82, 2.24) is 0 Å². The van der Waals surface area contributed by atoms with Crippen LogP contribution in [0.25, 0.3) is 0 Å². The number of carbonyl (C=O) groups is 1. The highest BCUT2D eigenvalue weighted by Gasteiger charge is 2.59. The van der Waals surface area contributed by atoms with Gasteiger partial charge in [-0.25, -0.2) is 0 Å². The monoisotopic (exact) mass is 704 g/mol. The van der Waals surface area contributed by atoms with Crippen molar-refractivity contribution in [3.8, 4) is 0 Å². The van der Waals surface area contributed by atoms with Crippen LogP contribution in [0.2, 0.25) is 10.0 Å². The fourth-order valence-corrected chi connectivity index (χ4v) is 7.77. The highest BCUT2D eigenvalue weighted by atomic mass is 35.5. The molecular formula is C44H34Cl2N4O. The second-order valence-corrected chi connectivity index (χ2v) is 13.9. The van der Waals surface area contributed by atoms with E-state index < -0.39 is 23.4 Å². The largest absolute Gasteiger partial charge is 0.298 e. The molecule has 5 nitrogen and oxygen atoms in total. The Labute approximate surface area is 308 Å². The molecule has 0 fully saturated rings. The van der Waals surface area contributed by atoms with Crippen molar-refractivity contribution in [2.24, 2.45) is 21.5 Å². The maximum Gasteiger partial charge on any atom is 0.158 e. The number of nitrogens with zero attached hydrogens (tertiary/aromatic N) is 4. The van der Waals surface area contributed by atoms with Gasteiger partial charge in [0, 0.05) is 10.0 Å². The van der Waals surface area contributed by atoms with E-state index >= 15 is 4.79 Å². The Balaban J connectivity index is 1.38. The predicted molar refractivity (Wildman–Crippen MR) is 209 cm³/mol. The van der Waals surface area contributed by atoms with Crippen molar-refractivity contribution in [1.29, 1.82) is 0 Å². The molecule has 4 unspecified atom stereocenters. The number of hydrogen-bond donors (Lipinski definition) is 0. The summed E-state index contributed by atoms with van der Waals surface area (Å²) in [6.07, 6.45) is 0. The molecule has 0 bridgehead atoms. The lowest BCUT2D eigenvalue weighted by Gasteiger charge is -2.39. The number of rotatable bonds is 8. The van der Waals surface area contributed by atoms with Crippen molar-refractivity contribution in [2.45, 2.75) is 19.0 Å². The first-order valence-electron chi connectivity index (χ1n) is 17.0. The quantitative estimate of drug-likeness (QED) is 0.158. The van der Waals surface area contributed by atoms with E-state index in [1.807, 2.05) is 156 Å². The molecule has 2 aliphatic rings. The van der Waals surface area contributed by atoms with Crippen molar-refractivity contribution in [3.63, 3.8) is 0 Å². The Morgan fingerprint density at radius 1 is 0.549 bits per heavy atom. The van der Waals surface area contributed by atoms with E-state index in [2.05, 4.69) is 31.2 Å². The molecule has 7 heteroatoms. The minimum Gasteiger partial charge on any atom is -0.298 e. The summed E-state index contributed by atoms with van der Waals surface area (Å²) in [4.78, 5) is 16.3. The number of halogens is 2. The Morgan fingerprint density at radius 2 is 1.00 bits per heavy atom. The second-order valence-electron chi connectivity index (χ2n) is 13.0. The van der Waals surface area contributed by atoms with Crippen LogP contribution in [0.15, 0.2) is 180 Å². The number of para-hydroxylation sites is 2. The Morgan fingerprint density at radius 3 is 1.53 bits per heavy atom. The van der Waals surface area contributed by atoms with Gasteiger partial charge < -0.3 is 0 Å². The van der Waals surface area contributed by atoms with E-state index in [1.165, 1.54) is 0 Å². The topological polar surface area (TPSA) is 48.3 Å². The van der Waals surface area contributed by atoms with Gasteiger partial charge in [0.05, 0.1) is 46.2 Å². The van der Waals surface area contributed by atoms with Crippen molar-refractivity contribution < 1.29 is 4.79 Å². The van der Waals surface area contributed by atoms with Gasteiger partial charge in [-0.05, 0) is 77.7 Å². The summed E-state index contributed by atoms with van der Waals surface area (Å²) in [5.74, 6) is -0.692. The molecule has 0 saturated heterocycles. The smallest absolute Gasteiger partial charge is 0.158 e. The number of ketones is 1. The first kappa shape index (κ1) is 32.7. The highest BCUT2D eigenvalue weighted by Crippen LogP contribution is 2.53. The number of carbonyl (C=O) groups excluding carboxylic acids is 1. The third kappa shape index (κ3) is 5.93. The standard InChI is InChI=1S/C44H34Cl2N4O/c1-44(41(32-24-28-35(46)29-25-32)48-50(37-20-12-5-13-21-37)42(44)33-16-8-3-9-17-33)43(51)38-39(30-22-26-34(45)27-23-30)47-49(36-18-10-4-11-19-36)40(38)31-14-6-2-7-15-31/h2-29,38,40,42H,1H3. The first-order valence-corrected chi connectivity index (χ1v) is 17.7.